The molecule has 0 fully saturated rings. The van der Waals surface area contributed by atoms with Crippen LogP contribution in [0, 0.1) is 0 Å². The van der Waals surface area contributed by atoms with Gasteiger partial charge in [0.2, 0.25) is 0 Å². The van der Waals surface area contributed by atoms with Crippen molar-refractivity contribution < 1.29 is 19.4 Å². The highest BCUT2D eigenvalue weighted by atomic mass is 16.6. The van der Waals surface area contributed by atoms with Gasteiger partial charge in [-0.25, -0.2) is 9.59 Å². The first-order chi connectivity index (χ1) is 12.1. The van der Waals surface area contributed by atoms with Crippen LogP contribution in [0.25, 0.3) is 11.1 Å². The lowest BCUT2D eigenvalue weighted by atomic mass is 9.98. The third-order valence-electron chi connectivity index (χ3n) is 4.79. The first-order valence-corrected chi connectivity index (χ1v) is 8.17. The minimum Gasteiger partial charge on any atom is -0.478 e. The van der Waals surface area contributed by atoms with Crippen LogP contribution in [0.15, 0.2) is 60.2 Å². The van der Waals surface area contributed by atoms with E-state index in [1.165, 1.54) is 16.0 Å². The first kappa shape index (κ1) is 15.4. The zero-order valence-electron chi connectivity index (χ0n) is 13.5. The standard InChI is InChI=1S/C20H17NO4/c22-19(23)13-9-10-21(11-13)20(24)25-12-18-16-7-3-1-5-14(16)15-6-2-4-8-17(15)18/h1-9,18H,10-12H2,(H,22,23). The molecule has 0 atom stereocenters. The van der Waals surface area contributed by atoms with E-state index in [-0.39, 0.29) is 31.2 Å². The largest absolute Gasteiger partial charge is 0.478 e. The summed E-state index contributed by atoms with van der Waals surface area (Å²) >= 11 is 0. The van der Waals surface area contributed by atoms with Crippen LogP contribution in [0.3, 0.4) is 0 Å². The van der Waals surface area contributed by atoms with Gasteiger partial charge in [-0.1, -0.05) is 54.6 Å². The van der Waals surface area contributed by atoms with Gasteiger partial charge in [-0.05, 0) is 22.3 Å². The molecule has 5 heteroatoms. The van der Waals surface area contributed by atoms with Gasteiger partial charge in [-0.2, -0.15) is 0 Å². The summed E-state index contributed by atoms with van der Waals surface area (Å²) in [5.74, 6) is -0.986. The van der Waals surface area contributed by atoms with Crippen molar-refractivity contribution in [3.63, 3.8) is 0 Å². The number of ether oxygens (including phenoxy) is 1. The number of carboxylic acid groups (broad SMARTS) is 1. The number of carboxylic acids is 1. The predicted molar refractivity (Wildman–Crippen MR) is 92.4 cm³/mol. The molecule has 126 valence electrons. The fourth-order valence-electron chi connectivity index (χ4n) is 3.53. The fraction of sp³-hybridized carbons (Fsp3) is 0.200. The molecule has 0 spiro atoms. The number of benzene rings is 2. The maximum atomic E-state index is 12.3. The second kappa shape index (κ2) is 6.09. The molecule has 0 unspecified atom stereocenters. The number of nitrogens with zero attached hydrogens (tertiary/aromatic N) is 1. The molecule has 0 bridgehead atoms. The summed E-state index contributed by atoms with van der Waals surface area (Å²) in [6, 6.07) is 16.3. The van der Waals surface area contributed by atoms with Crippen LogP contribution in [0.4, 0.5) is 4.79 Å². The molecule has 2 aromatic rings. The molecule has 2 aliphatic rings. The van der Waals surface area contributed by atoms with E-state index in [4.69, 9.17) is 9.84 Å². The van der Waals surface area contributed by atoms with E-state index in [0.717, 1.165) is 11.1 Å². The summed E-state index contributed by atoms with van der Waals surface area (Å²) in [6.45, 7) is 0.607. The maximum absolute atomic E-state index is 12.3. The minimum absolute atomic E-state index is 0.00542. The van der Waals surface area contributed by atoms with Crippen molar-refractivity contribution in [3.05, 3.63) is 71.3 Å². The molecule has 4 rings (SSSR count). The van der Waals surface area contributed by atoms with E-state index >= 15 is 0 Å². The average Bonchev–Trinajstić information content (AvgIpc) is 3.24. The first-order valence-electron chi connectivity index (χ1n) is 8.17. The van der Waals surface area contributed by atoms with Crippen molar-refractivity contribution in [1.82, 2.24) is 4.90 Å². The van der Waals surface area contributed by atoms with Crippen molar-refractivity contribution in [2.45, 2.75) is 5.92 Å². The summed E-state index contributed by atoms with van der Waals surface area (Å²) in [6.07, 6.45) is 1.07. The zero-order valence-corrected chi connectivity index (χ0v) is 13.5. The number of aliphatic carboxylic acids is 1. The molecule has 1 N–H and O–H groups in total. The Morgan fingerprint density at radius 1 is 1.04 bits per heavy atom. The number of amides is 1. The molecule has 0 aromatic heterocycles. The summed E-state index contributed by atoms with van der Waals surface area (Å²) < 4.78 is 5.51. The summed E-state index contributed by atoms with van der Waals surface area (Å²) in [5, 5.41) is 8.99. The van der Waals surface area contributed by atoms with Gasteiger partial charge in [-0.3, -0.25) is 4.90 Å². The number of carbonyl (C=O) groups is 2. The van der Waals surface area contributed by atoms with E-state index in [9.17, 15) is 9.59 Å². The lowest BCUT2D eigenvalue weighted by Gasteiger charge is -2.19. The van der Waals surface area contributed by atoms with Crippen molar-refractivity contribution in [3.8, 4) is 11.1 Å². The number of rotatable bonds is 3. The van der Waals surface area contributed by atoms with E-state index < -0.39 is 12.1 Å². The van der Waals surface area contributed by atoms with Gasteiger partial charge < -0.3 is 9.84 Å². The normalized spacial score (nSPS) is 15.5. The Hall–Kier alpha value is -3.08. The van der Waals surface area contributed by atoms with Gasteiger partial charge in [0.05, 0.1) is 12.1 Å². The molecule has 1 aliphatic carbocycles. The topological polar surface area (TPSA) is 66.8 Å². The lowest BCUT2D eigenvalue weighted by Crippen LogP contribution is -2.31. The number of fused-ring (bicyclic) bond motifs is 3. The number of carbonyl (C=O) groups excluding carboxylic acids is 1. The smallest absolute Gasteiger partial charge is 0.410 e. The Balaban J connectivity index is 1.49. The Morgan fingerprint density at radius 3 is 2.20 bits per heavy atom. The molecule has 25 heavy (non-hydrogen) atoms. The lowest BCUT2D eigenvalue weighted by molar-refractivity contribution is -0.132. The van der Waals surface area contributed by atoms with Crippen LogP contribution in [0.2, 0.25) is 0 Å². The average molecular weight is 335 g/mol. The molecular formula is C20H17NO4. The van der Waals surface area contributed by atoms with Gasteiger partial charge in [0.1, 0.15) is 6.61 Å². The molecule has 2 aromatic carbocycles. The van der Waals surface area contributed by atoms with Gasteiger partial charge in [-0.15, -0.1) is 0 Å². The predicted octanol–water partition coefficient (Wildman–Crippen LogP) is 3.26. The maximum Gasteiger partial charge on any atom is 0.410 e. The SMILES string of the molecule is O=C(O)C1=CCN(C(=O)OCC2c3ccccc3-c3ccccc32)C1. The molecular weight excluding hydrogens is 318 g/mol. The molecule has 0 radical (unpaired) electrons. The Morgan fingerprint density at radius 2 is 1.64 bits per heavy atom. The molecule has 1 amide bonds. The molecule has 5 nitrogen and oxygen atoms in total. The summed E-state index contributed by atoms with van der Waals surface area (Å²) in [5.41, 5.74) is 4.89. The molecule has 1 aliphatic heterocycles. The van der Waals surface area contributed by atoms with Crippen LogP contribution in [-0.2, 0) is 9.53 Å². The fourth-order valence-corrected chi connectivity index (χ4v) is 3.53. The Bertz CT molecular complexity index is 841. The Labute approximate surface area is 145 Å². The van der Waals surface area contributed by atoms with Crippen LogP contribution in [0.1, 0.15) is 17.0 Å². The number of hydrogen-bond donors (Lipinski definition) is 1. The minimum atomic E-state index is -0.992. The van der Waals surface area contributed by atoms with E-state index in [1.54, 1.807) is 6.08 Å². The monoisotopic (exact) mass is 335 g/mol. The second-order valence-corrected chi connectivity index (χ2v) is 6.22. The van der Waals surface area contributed by atoms with E-state index in [1.807, 2.05) is 24.3 Å². The quantitative estimate of drug-likeness (QED) is 0.935. The third-order valence-corrected chi connectivity index (χ3v) is 4.79. The molecule has 1 heterocycles. The van der Waals surface area contributed by atoms with Crippen molar-refractivity contribution in [2.24, 2.45) is 0 Å². The molecule has 0 saturated carbocycles. The van der Waals surface area contributed by atoms with Crippen LogP contribution >= 0.6 is 0 Å². The van der Waals surface area contributed by atoms with Gasteiger partial charge in [0.15, 0.2) is 0 Å². The second-order valence-electron chi connectivity index (χ2n) is 6.22. The van der Waals surface area contributed by atoms with Gasteiger partial charge in [0.25, 0.3) is 0 Å². The molecule has 0 saturated heterocycles. The number of hydrogen-bond acceptors (Lipinski definition) is 3. The summed E-state index contributed by atoms with van der Waals surface area (Å²) in [4.78, 5) is 24.6. The summed E-state index contributed by atoms with van der Waals surface area (Å²) in [7, 11) is 0. The van der Waals surface area contributed by atoms with Gasteiger partial charge >= 0.3 is 12.1 Å². The zero-order chi connectivity index (χ0) is 17.4. The van der Waals surface area contributed by atoms with Crippen LogP contribution < -0.4 is 0 Å². The van der Waals surface area contributed by atoms with Crippen LogP contribution in [-0.4, -0.2) is 41.8 Å². The van der Waals surface area contributed by atoms with E-state index in [2.05, 4.69) is 24.3 Å². The van der Waals surface area contributed by atoms with Gasteiger partial charge in [0, 0.05) is 12.5 Å². The Kier molecular flexibility index (Phi) is 3.76. The van der Waals surface area contributed by atoms with Crippen molar-refractivity contribution in [2.75, 3.05) is 19.7 Å². The highest BCUT2D eigenvalue weighted by molar-refractivity contribution is 5.89. The van der Waals surface area contributed by atoms with E-state index in [0.29, 0.717) is 0 Å². The highest BCUT2D eigenvalue weighted by Gasteiger charge is 2.30. The highest BCUT2D eigenvalue weighted by Crippen LogP contribution is 2.44. The third kappa shape index (κ3) is 2.67. The van der Waals surface area contributed by atoms with Crippen molar-refractivity contribution >= 4 is 12.1 Å². The van der Waals surface area contributed by atoms with Crippen LogP contribution in [0.5, 0.6) is 0 Å². The van der Waals surface area contributed by atoms with Crippen molar-refractivity contribution in [1.29, 1.82) is 0 Å².